The van der Waals surface area contributed by atoms with E-state index in [2.05, 4.69) is 10.6 Å². The third-order valence-corrected chi connectivity index (χ3v) is 3.76. The number of hydrogen-bond donors (Lipinski definition) is 2. The van der Waals surface area contributed by atoms with Gasteiger partial charge in [0.1, 0.15) is 5.75 Å². The number of ether oxygens (including phenoxy) is 2. The Kier molecular flexibility index (Phi) is 3.79. The van der Waals surface area contributed by atoms with Crippen molar-refractivity contribution in [2.75, 3.05) is 18.5 Å². The molecular formula is C15H18N2O4. The van der Waals surface area contributed by atoms with E-state index < -0.39 is 0 Å². The first-order chi connectivity index (χ1) is 10.1. The molecule has 6 heteroatoms. The zero-order chi connectivity index (χ0) is 14.8. The van der Waals surface area contributed by atoms with E-state index in [1.807, 2.05) is 6.92 Å². The maximum absolute atomic E-state index is 12.3. The van der Waals surface area contributed by atoms with Gasteiger partial charge in [0.15, 0.2) is 6.61 Å². The van der Waals surface area contributed by atoms with Crippen LogP contribution in [0.2, 0.25) is 0 Å². The molecule has 2 N–H and O–H groups in total. The maximum Gasteiger partial charge on any atom is 0.262 e. The van der Waals surface area contributed by atoms with Gasteiger partial charge in [-0.05, 0) is 38.0 Å². The monoisotopic (exact) mass is 290 g/mol. The highest BCUT2D eigenvalue weighted by molar-refractivity contribution is 5.99. The summed E-state index contributed by atoms with van der Waals surface area (Å²) < 4.78 is 10.9. The molecule has 1 fully saturated rings. The molecule has 0 aliphatic carbocycles. The van der Waals surface area contributed by atoms with Crippen LogP contribution in [0.4, 0.5) is 5.69 Å². The largest absolute Gasteiger partial charge is 0.482 e. The number of nitrogens with one attached hydrogen (secondary N) is 2. The summed E-state index contributed by atoms with van der Waals surface area (Å²) in [5, 5.41) is 5.64. The van der Waals surface area contributed by atoms with Gasteiger partial charge in [0.25, 0.3) is 11.8 Å². The van der Waals surface area contributed by atoms with Crippen LogP contribution >= 0.6 is 0 Å². The van der Waals surface area contributed by atoms with Crippen LogP contribution < -0.4 is 15.4 Å². The van der Waals surface area contributed by atoms with Gasteiger partial charge in [-0.15, -0.1) is 0 Å². The minimum atomic E-state index is -0.188. The first-order valence-corrected chi connectivity index (χ1v) is 7.12. The molecule has 1 aromatic carbocycles. The Bertz CT molecular complexity index is 567. The Morgan fingerprint density at radius 1 is 1.48 bits per heavy atom. The van der Waals surface area contributed by atoms with Gasteiger partial charge in [-0.3, -0.25) is 9.59 Å². The number of benzene rings is 1. The Morgan fingerprint density at radius 2 is 2.33 bits per heavy atom. The lowest BCUT2D eigenvalue weighted by molar-refractivity contribution is -0.118. The van der Waals surface area contributed by atoms with Crippen LogP contribution in [0.15, 0.2) is 18.2 Å². The van der Waals surface area contributed by atoms with E-state index in [1.54, 1.807) is 18.2 Å². The van der Waals surface area contributed by atoms with Crippen molar-refractivity contribution in [2.24, 2.45) is 0 Å². The Morgan fingerprint density at radius 3 is 3.10 bits per heavy atom. The zero-order valence-electron chi connectivity index (χ0n) is 11.8. The van der Waals surface area contributed by atoms with Crippen molar-refractivity contribution in [3.8, 4) is 5.75 Å². The van der Waals surface area contributed by atoms with Crippen LogP contribution in [-0.2, 0) is 9.53 Å². The summed E-state index contributed by atoms with van der Waals surface area (Å²) in [6, 6.07) is 4.96. The fourth-order valence-electron chi connectivity index (χ4n) is 2.60. The zero-order valence-corrected chi connectivity index (χ0v) is 11.8. The highest BCUT2D eigenvalue weighted by Gasteiger charge is 2.24. The minimum Gasteiger partial charge on any atom is -0.482 e. The van der Waals surface area contributed by atoms with E-state index in [1.165, 1.54) is 0 Å². The van der Waals surface area contributed by atoms with Crippen LogP contribution in [0.25, 0.3) is 0 Å². The molecule has 2 unspecified atom stereocenters. The number of hydrogen-bond acceptors (Lipinski definition) is 4. The molecule has 6 nitrogen and oxygen atoms in total. The molecule has 2 atom stereocenters. The number of carbonyl (C=O) groups is 2. The fourth-order valence-corrected chi connectivity index (χ4v) is 2.60. The molecule has 0 saturated carbocycles. The normalized spacial score (nSPS) is 22.0. The van der Waals surface area contributed by atoms with Gasteiger partial charge in [0.2, 0.25) is 0 Å². The Balaban J connectivity index is 1.68. The van der Waals surface area contributed by atoms with Crippen LogP contribution in [0.5, 0.6) is 5.75 Å². The van der Waals surface area contributed by atoms with Crippen LogP contribution in [0.1, 0.15) is 30.1 Å². The van der Waals surface area contributed by atoms with Gasteiger partial charge in [0.05, 0.1) is 17.8 Å². The minimum absolute atomic E-state index is 0.0234. The molecule has 21 heavy (non-hydrogen) atoms. The first kappa shape index (κ1) is 13.9. The molecule has 0 bridgehead atoms. The highest BCUT2D eigenvalue weighted by atomic mass is 16.5. The van der Waals surface area contributed by atoms with E-state index in [0.29, 0.717) is 17.0 Å². The van der Waals surface area contributed by atoms with Crippen LogP contribution in [-0.4, -0.2) is 37.2 Å². The van der Waals surface area contributed by atoms with Gasteiger partial charge in [-0.2, -0.15) is 0 Å². The van der Waals surface area contributed by atoms with Crippen molar-refractivity contribution in [3.05, 3.63) is 23.8 Å². The first-order valence-electron chi connectivity index (χ1n) is 7.12. The van der Waals surface area contributed by atoms with Gasteiger partial charge in [-0.25, -0.2) is 0 Å². The molecule has 2 amide bonds. The smallest absolute Gasteiger partial charge is 0.262 e. The van der Waals surface area contributed by atoms with Crippen molar-refractivity contribution < 1.29 is 19.1 Å². The summed E-state index contributed by atoms with van der Waals surface area (Å²) in [5.74, 6) is 0.167. The van der Waals surface area contributed by atoms with Gasteiger partial charge in [0, 0.05) is 12.2 Å². The summed E-state index contributed by atoms with van der Waals surface area (Å²) >= 11 is 0. The molecule has 1 aromatic rings. The standard InChI is InChI=1S/C15H18N2O4/c1-9(12-3-2-6-20-12)16-15(19)10-4-5-11-13(7-10)21-8-14(18)17-11/h4-5,7,9,12H,2-3,6,8H2,1H3,(H,16,19)(H,17,18). The molecule has 3 rings (SSSR count). The lowest BCUT2D eigenvalue weighted by Crippen LogP contribution is -2.40. The molecule has 2 aliphatic heterocycles. The summed E-state index contributed by atoms with van der Waals surface area (Å²) in [5.41, 5.74) is 1.10. The lowest BCUT2D eigenvalue weighted by Gasteiger charge is -2.21. The second-order valence-electron chi connectivity index (χ2n) is 5.36. The lowest BCUT2D eigenvalue weighted by atomic mass is 10.1. The quantitative estimate of drug-likeness (QED) is 0.880. The third kappa shape index (κ3) is 3.00. The van der Waals surface area contributed by atoms with Gasteiger partial charge < -0.3 is 20.1 Å². The number of anilines is 1. The maximum atomic E-state index is 12.3. The molecule has 0 spiro atoms. The number of rotatable bonds is 3. The van der Waals surface area contributed by atoms with Crippen LogP contribution in [0.3, 0.4) is 0 Å². The summed E-state index contributed by atoms with van der Waals surface area (Å²) in [4.78, 5) is 23.5. The van der Waals surface area contributed by atoms with Crippen molar-refractivity contribution in [1.82, 2.24) is 5.32 Å². The van der Waals surface area contributed by atoms with Crippen LogP contribution in [0, 0.1) is 0 Å². The molecule has 2 aliphatic rings. The second kappa shape index (κ2) is 5.73. The topological polar surface area (TPSA) is 76.7 Å². The summed E-state index contributed by atoms with van der Waals surface area (Å²) in [6.45, 7) is 2.69. The number of carbonyl (C=O) groups excluding carboxylic acids is 2. The van der Waals surface area contributed by atoms with E-state index in [9.17, 15) is 9.59 Å². The summed E-state index contributed by atoms with van der Waals surface area (Å²) in [7, 11) is 0. The number of amides is 2. The van der Waals surface area contributed by atoms with E-state index in [-0.39, 0.29) is 30.6 Å². The van der Waals surface area contributed by atoms with E-state index in [4.69, 9.17) is 9.47 Å². The average Bonchev–Trinajstić information content (AvgIpc) is 3.01. The fraction of sp³-hybridized carbons (Fsp3) is 0.467. The number of fused-ring (bicyclic) bond motifs is 1. The predicted molar refractivity (Wildman–Crippen MR) is 76.5 cm³/mol. The van der Waals surface area contributed by atoms with Crippen molar-refractivity contribution >= 4 is 17.5 Å². The second-order valence-corrected chi connectivity index (χ2v) is 5.36. The highest BCUT2D eigenvalue weighted by Crippen LogP contribution is 2.28. The molecule has 0 radical (unpaired) electrons. The van der Waals surface area contributed by atoms with E-state index >= 15 is 0 Å². The van der Waals surface area contributed by atoms with Gasteiger partial charge in [-0.1, -0.05) is 0 Å². The summed E-state index contributed by atoms with van der Waals surface area (Å²) in [6.07, 6.45) is 2.10. The Hall–Kier alpha value is -2.08. The van der Waals surface area contributed by atoms with Crippen molar-refractivity contribution in [1.29, 1.82) is 0 Å². The van der Waals surface area contributed by atoms with E-state index in [0.717, 1.165) is 19.4 Å². The van der Waals surface area contributed by atoms with Crippen molar-refractivity contribution in [3.63, 3.8) is 0 Å². The van der Waals surface area contributed by atoms with Gasteiger partial charge >= 0.3 is 0 Å². The SMILES string of the molecule is CC(NC(=O)c1ccc2c(c1)OCC(=O)N2)C1CCCO1. The molecular weight excluding hydrogens is 272 g/mol. The molecule has 2 heterocycles. The molecule has 1 saturated heterocycles. The predicted octanol–water partition coefficient (Wildman–Crippen LogP) is 1.31. The molecule has 112 valence electrons. The third-order valence-electron chi connectivity index (χ3n) is 3.76. The van der Waals surface area contributed by atoms with Crippen molar-refractivity contribution in [2.45, 2.75) is 31.9 Å². The average molecular weight is 290 g/mol. The Labute approximate surface area is 122 Å². The molecule has 0 aromatic heterocycles.